The average molecular weight is 295 g/mol. The first-order valence-corrected chi connectivity index (χ1v) is 7.78. The minimum atomic E-state index is -0.138. The third-order valence-electron chi connectivity index (χ3n) is 3.53. The summed E-state index contributed by atoms with van der Waals surface area (Å²) in [5.41, 5.74) is 7.15. The van der Waals surface area contributed by atoms with Gasteiger partial charge in [0.2, 0.25) is 0 Å². The van der Waals surface area contributed by atoms with Crippen LogP contribution in [0.25, 0.3) is 0 Å². The van der Waals surface area contributed by atoms with Gasteiger partial charge in [-0.05, 0) is 24.1 Å². The standard InChI is InChI=1S/C17H29NO3/c1-4-5-6-7-8-11-21-13-15(18)14-9-10-16(19-2)17(12-14)20-3/h9-10,12,15H,4-8,11,13,18H2,1-3H3. The van der Waals surface area contributed by atoms with Crippen LogP contribution in [0, 0.1) is 0 Å². The van der Waals surface area contributed by atoms with Crippen molar-refractivity contribution in [1.82, 2.24) is 0 Å². The summed E-state index contributed by atoms with van der Waals surface area (Å²) in [5, 5.41) is 0. The molecular weight excluding hydrogens is 266 g/mol. The fraction of sp³-hybridized carbons (Fsp3) is 0.647. The Hall–Kier alpha value is -1.26. The Morgan fingerprint density at radius 1 is 1.00 bits per heavy atom. The summed E-state index contributed by atoms with van der Waals surface area (Å²) in [5.74, 6) is 1.41. The molecule has 0 heterocycles. The molecule has 1 rings (SSSR count). The van der Waals surface area contributed by atoms with E-state index >= 15 is 0 Å². The van der Waals surface area contributed by atoms with Crippen molar-refractivity contribution in [1.29, 1.82) is 0 Å². The van der Waals surface area contributed by atoms with Crippen molar-refractivity contribution in [3.8, 4) is 11.5 Å². The van der Waals surface area contributed by atoms with Crippen LogP contribution in [-0.4, -0.2) is 27.4 Å². The Kier molecular flexibility index (Phi) is 8.87. The van der Waals surface area contributed by atoms with E-state index in [-0.39, 0.29) is 6.04 Å². The first-order valence-electron chi connectivity index (χ1n) is 7.78. The predicted molar refractivity (Wildman–Crippen MR) is 86.1 cm³/mol. The van der Waals surface area contributed by atoms with E-state index in [4.69, 9.17) is 19.9 Å². The van der Waals surface area contributed by atoms with Crippen molar-refractivity contribution in [2.24, 2.45) is 5.73 Å². The Bertz CT molecular complexity index is 396. The van der Waals surface area contributed by atoms with Gasteiger partial charge in [0.15, 0.2) is 11.5 Å². The SMILES string of the molecule is CCCCCCCOCC(N)c1ccc(OC)c(OC)c1. The van der Waals surface area contributed by atoms with Gasteiger partial charge in [-0.15, -0.1) is 0 Å². The van der Waals surface area contributed by atoms with Crippen molar-refractivity contribution in [3.05, 3.63) is 23.8 Å². The van der Waals surface area contributed by atoms with Crippen LogP contribution in [0.5, 0.6) is 11.5 Å². The second-order valence-corrected chi connectivity index (χ2v) is 5.21. The Labute approximate surface area is 128 Å². The van der Waals surface area contributed by atoms with Gasteiger partial charge in [0.05, 0.1) is 26.9 Å². The number of unbranched alkanes of at least 4 members (excludes halogenated alkanes) is 4. The smallest absolute Gasteiger partial charge is 0.161 e. The number of benzene rings is 1. The zero-order chi connectivity index (χ0) is 15.5. The third-order valence-corrected chi connectivity index (χ3v) is 3.53. The molecule has 0 amide bonds. The second-order valence-electron chi connectivity index (χ2n) is 5.21. The van der Waals surface area contributed by atoms with Gasteiger partial charge >= 0.3 is 0 Å². The summed E-state index contributed by atoms with van der Waals surface area (Å²) in [6.07, 6.45) is 6.22. The van der Waals surface area contributed by atoms with Crippen LogP contribution in [0.2, 0.25) is 0 Å². The van der Waals surface area contributed by atoms with Gasteiger partial charge in [0.25, 0.3) is 0 Å². The lowest BCUT2D eigenvalue weighted by atomic mass is 10.1. The van der Waals surface area contributed by atoms with Crippen molar-refractivity contribution >= 4 is 0 Å². The lowest BCUT2D eigenvalue weighted by molar-refractivity contribution is 0.117. The number of hydrogen-bond donors (Lipinski definition) is 1. The van der Waals surface area contributed by atoms with Crippen LogP contribution in [0.15, 0.2) is 18.2 Å². The van der Waals surface area contributed by atoms with E-state index in [1.807, 2.05) is 18.2 Å². The lowest BCUT2D eigenvalue weighted by Crippen LogP contribution is -2.17. The highest BCUT2D eigenvalue weighted by Gasteiger charge is 2.10. The monoisotopic (exact) mass is 295 g/mol. The molecule has 1 aromatic carbocycles. The first kappa shape index (κ1) is 17.8. The molecule has 0 saturated carbocycles. The maximum Gasteiger partial charge on any atom is 0.161 e. The van der Waals surface area contributed by atoms with E-state index in [9.17, 15) is 0 Å². The molecule has 0 saturated heterocycles. The highest BCUT2D eigenvalue weighted by atomic mass is 16.5. The number of methoxy groups -OCH3 is 2. The zero-order valence-corrected chi connectivity index (χ0v) is 13.6. The van der Waals surface area contributed by atoms with Crippen LogP contribution in [0.3, 0.4) is 0 Å². The Morgan fingerprint density at radius 2 is 1.71 bits per heavy atom. The van der Waals surface area contributed by atoms with Crippen LogP contribution in [0.4, 0.5) is 0 Å². The molecule has 1 unspecified atom stereocenters. The normalized spacial score (nSPS) is 12.2. The summed E-state index contributed by atoms with van der Waals surface area (Å²) >= 11 is 0. The van der Waals surface area contributed by atoms with Crippen molar-refractivity contribution in [2.45, 2.75) is 45.1 Å². The van der Waals surface area contributed by atoms with Gasteiger partial charge in [0.1, 0.15) is 0 Å². The first-order chi connectivity index (χ1) is 10.2. The maximum atomic E-state index is 6.15. The molecule has 0 radical (unpaired) electrons. The Balaban J connectivity index is 2.33. The summed E-state index contributed by atoms with van der Waals surface area (Å²) in [6.45, 7) is 3.53. The minimum Gasteiger partial charge on any atom is -0.493 e. The number of ether oxygens (including phenoxy) is 3. The molecule has 4 heteroatoms. The molecule has 0 aromatic heterocycles. The van der Waals surface area contributed by atoms with Crippen LogP contribution >= 0.6 is 0 Å². The highest BCUT2D eigenvalue weighted by Crippen LogP contribution is 2.29. The van der Waals surface area contributed by atoms with E-state index in [1.165, 1.54) is 25.7 Å². The fourth-order valence-electron chi connectivity index (χ4n) is 2.20. The number of nitrogens with two attached hydrogens (primary N) is 1. The molecule has 1 atom stereocenters. The number of rotatable bonds is 11. The van der Waals surface area contributed by atoms with E-state index in [0.717, 1.165) is 18.6 Å². The number of hydrogen-bond acceptors (Lipinski definition) is 4. The topological polar surface area (TPSA) is 53.7 Å². The quantitative estimate of drug-likeness (QED) is 0.633. The van der Waals surface area contributed by atoms with E-state index in [2.05, 4.69) is 6.92 Å². The average Bonchev–Trinajstić information content (AvgIpc) is 2.53. The summed E-state index contributed by atoms with van der Waals surface area (Å²) < 4.78 is 16.2. The molecule has 120 valence electrons. The molecule has 4 nitrogen and oxygen atoms in total. The van der Waals surface area contributed by atoms with Gasteiger partial charge in [0, 0.05) is 6.61 Å². The van der Waals surface area contributed by atoms with Crippen molar-refractivity contribution < 1.29 is 14.2 Å². The van der Waals surface area contributed by atoms with Crippen LogP contribution in [0.1, 0.15) is 50.6 Å². The molecule has 2 N–H and O–H groups in total. The molecule has 1 aromatic rings. The molecule has 0 fully saturated rings. The Morgan fingerprint density at radius 3 is 2.38 bits per heavy atom. The van der Waals surface area contributed by atoms with E-state index in [1.54, 1.807) is 14.2 Å². The molecule has 0 bridgehead atoms. The van der Waals surface area contributed by atoms with Crippen LogP contribution < -0.4 is 15.2 Å². The predicted octanol–water partition coefficient (Wildman–Crippen LogP) is 3.69. The zero-order valence-electron chi connectivity index (χ0n) is 13.6. The molecule has 0 aliphatic rings. The molecule has 0 spiro atoms. The van der Waals surface area contributed by atoms with Gasteiger partial charge in [-0.1, -0.05) is 38.7 Å². The van der Waals surface area contributed by atoms with E-state index in [0.29, 0.717) is 18.1 Å². The third kappa shape index (κ3) is 6.36. The molecular formula is C17H29NO3. The van der Waals surface area contributed by atoms with Gasteiger partial charge in [-0.2, -0.15) is 0 Å². The van der Waals surface area contributed by atoms with E-state index < -0.39 is 0 Å². The summed E-state index contributed by atoms with van der Waals surface area (Å²) in [7, 11) is 3.25. The summed E-state index contributed by atoms with van der Waals surface area (Å²) in [6, 6.07) is 5.60. The van der Waals surface area contributed by atoms with Gasteiger partial charge in [-0.25, -0.2) is 0 Å². The largest absolute Gasteiger partial charge is 0.493 e. The van der Waals surface area contributed by atoms with Gasteiger partial charge < -0.3 is 19.9 Å². The van der Waals surface area contributed by atoms with Crippen molar-refractivity contribution in [3.63, 3.8) is 0 Å². The van der Waals surface area contributed by atoms with Gasteiger partial charge in [-0.3, -0.25) is 0 Å². The highest BCUT2D eigenvalue weighted by molar-refractivity contribution is 5.43. The summed E-state index contributed by atoms with van der Waals surface area (Å²) in [4.78, 5) is 0. The molecule has 0 aliphatic heterocycles. The minimum absolute atomic E-state index is 0.138. The fourth-order valence-corrected chi connectivity index (χ4v) is 2.20. The lowest BCUT2D eigenvalue weighted by Gasteiger charge is -2.15. The second kappa shape index (κ2) is 10.5. The molecule has 21 heavy (non-hydrogen) atoms. The maximum absolute atomic E-state index is 6.15. The van der Waals surface area contributed by atoms with Crippen LogP contribution in [-0.2, 0) is 4.74 Å². The van der Waals surface area contributed by atoms with Crippen molar-refractivity contribution in [2.75, 3.05) is 27.4 Å². The molecule has 0 aliphatic carbocycles.